The SMILES string of the molecule is CC(C)(C)OC(=O)n1ncc2ncc(Br)cc21. The van der Waals surface area contributed by atoms with Gasteiger partial charge in [0.15, 0.2) is 0 Å². The summed E-state index contributed by atoms with van der Waals surface area (Å²) >= 11 is 3.31. The zero-order valence-corrected chi connectivity index (χ0v) is 11.4. The van der Waals surface area contributed by atoms with Gasteiger partial charge in [-0.1, -0.05) is 0 Å². The molecule has 0 bridgehead atoms. The van der Waals surface area contributed by atoms with Crippen LogP contribution < -0.4 is 0 Å². The molecular weight excluding hydrogens is 286 g/mol. The second-order valence-electron chi connectivity index (χ2n) is 4.59. The number of aromatic nitrogens is 3. The molecule has 0 aromatic carbocycles. The molecule has 0 saturated heterocycles. The number of fused-ring (bicyclic) bond motifs is 1. The van der Waals surface area contributed by atoms with Gasteiger partial charge in [0.2, 0.25) is 0 Å². The Kier molecular flexibility index (Phi) is 2.91. The van der Waals surface area contributed by atoms with Crippen molar-refractivity contribution in [2.45, 2.75) is 26.4 Å². The minimum absolute atomic E-state index is 0.507. The van der Waals surface area contributed by atoms with Crippen molar-refractivity contribution in [3.05, 3.63) is 22.9 Å². The summed E-state index contributed by atoms with van der Waals surface area (Å²) in [5.74, 6) is 0. The van der Waals surface area contributed by atoms with Gasteiger partial charge in [-0.3, -0.25) is 4.98 Å². The number of halogens is 1. The lowest BCUT2D eigenvalue weighted by Crippen LogP contribution is -2.27. The first-order valence-corrected chi connectivity index (χ1v) is 5.89. The monoisotopic (exact) mass is 297 g/mol. The molecule has 0 radical (unpaired) electrons. The van der Waals surface area contributed by atoms with E-state index in [0.29, 0.717) is 11.0 Å². The molecule has 0 amide bonds. The molecule has 90 valence electrons. The first-order chi connectivity index (χ1) is 7.87. The average Bonchev–Trinajstić information content (AvgIpc) is 2.57. The van der Waals surface area contributed by atoms with E-state index in [2.05, 4.69) is 26.0 Å². The molecule has 5 nitrogen and oxygen atoms in total. The molecule has 0 aliphatic rings. The highest BCUT2D eigenvalue weighted by Crippen LogP contribution is 2.18. The first-order valence-electron chi connectivity index (χ1n) is 5.09. The largest absolute Gasteiger partial charge is 0.442 e. The van der Waals surface area contributed by atoms with Crippen LogP contribution in [0, 0.1) is 0 Å². The van der Waals surface area contributed by atoms with Crippen molar-refractivity contribution < 1.29 is 9.53 Å². The number of rotatable bonds is 0. The molecule has 2 rings (SSSR count). The van der Waals surface area contributed by atoms with Gasteiger partial charge in [0.25, 0.3) is 0 Å². The lowest BCUT2D eigenvalue weighted by Gasteiger charge is -2.19. The molecule has 2 heterocycles. The van der Waals surface area contributed by atoms with Crippen molar-refractivity contribution in [1.82, 2.24) is 14.8 Å². The summed E-state index contributed by atoms with van der Waals surface area (Å²) in [7, 11) is 0. The fraction of sp³-hybridized carbons (Fsp3) is 0.364. The van der Waals surface area contributed by atoms with E-state index in [-0.39, 0.29) is 0 Å². The highest BCUT2D eigenvalue weighted by Gasteiger charge is 2.20. The van der Waals surface area contributed by atoms with E-state index < -0.39 is 11.7 Å². The molecule has 0 aliphatic carbocycles. The number of carbonyl (C=O) groups is 1. The normalized spacial score (nSPS) is 11.8. The highest BCUT2D eigenvalue weighted by atomic mass is 79.9. The summed E-state index contributed by atoms with van der Waals surface area (Å²) in [5, 5.41) is 3.98. The van der Waals surface area contributed by atoms with Gasteiger partial charge in [0.05, 0.1) is 6.20 Å². The Morgan fingerprint density at radius 3 is 2.76 bits per heavy atom. The Labute approximate surface area is 107 Å². The standard InChI is InChI=1S/C11H12BrN3O2/c1-11(2,3)17-10(16)15-9-4-7(12)5-13-8(9)6-14-15/h4-6H,1-3H3. The van der Waals surface area contributed by atoms with Gasteiger partial charge in [0.1, 0.15) is 16.6 Å². The number of hydrogen-bond acceptors (Lipinski definition) is 4. The molecule has 2 aromatic rings. The van der Waals surface area contributed by atoms with Crippen molar-refractivity contribution in [3.8, 4) is 0 Å². The molecule has 0 atom stereocenters. The first kappa shape index (κ1) is 12.0. The number of nitrogens with zero attached hydrogens (tertiary/aromatic N) is 3. The summed E-state index contributed by atoms with van der Waals surface area (Å²) in [5.41, 5.74) is 0.724. The molecule has 0 fully saturated rings. The van der Waals surface area contributed by atoms with Crippen LogP contribution in [0.5, 0.6) is 0 Å². The zero-order valence-electron chi connectivity index (χ0n) is 9.77. The number of carbonyl (C=O) groups excluding carboxylic acids is 1. The van der Waals surface area contributed by atoms with Gasteiger partial charge in [-0.05, 0) is 42.8 Å². The molecule has 0 spiro atoms. The van der Waals surface area contributed by atoms with Crippen LogP contribution in [0.1, 0.15) is 20.8 Å². The summed E-state index contributed by atoms with van der Waals surface area (Å²) in [4.78, 5) is 16.0. The third-order valence-corrected chi connectivity index (χ3v) is 2.39. The topological polar surface area (TPSA) is 57.0 Å². The fourth-order valence-corrected chi connectivity index (χ4v) is 1.65. The van der Waals surface area contributed by atoms with E-state index in [1.807, 2.05) is 20.8 Å². The van der Waals surface area contributed by atoms with Crippen LogP contribution in [-0.4, -0.2) is 26.5 Å². The maximum absolute atomic E-state index is 11.9. The van der Waals surface area contributed by atoms with E-state index >= 15 is 0 Å². The van der Waals surface area contributed by atoms with E-state index in [1.165, 1.54) is 10.9 Å². The van der Waals surface area contributed by atoms with Crippen LogP contribution in [0.3, 0.4) is 0 Å². The third kappa shape index (κ3) is 2.63. The molecule has 17 heavy (non-hydrogen) atoms. The van der Waals surface area contributed by atoms with E-state index in [4.69, 9.17) is 4.74 Å². The summed E-state index contributed by atoms with van der Waals surface area (Å²) in [6, 6.07) is 1.78. The Hall–Kier alpha value is -1.43. The van der Waals surface area contributed by atoms with Crippen molar-refractivity contribution in [3.63, 3.8) is 0 Å². The van der Waals surface area contributed by atoms with Gasteiger partial charge < -0.3 is 4.74 Å². The van der Waals surface area contributed by atoms with Crippen LogP contribution in [0.15, 0.2) is 22.9 Å². The number of pyridine rings is 1. The smallest absolute Gasteiger partial charge is 0.435 e. The minimum Gasteiger partial charge on any atom is -0.442 e. The quantitative estimate of drug-likeness (QED) is 0.750. The van der Waals surface area contributed by atoms with Crippen molar-refractivity contribution in [2.24, 2.45) is 0 Å². The zero-order chi connectivity index (χ0) is 12.6. The maximum Gasteiger partial charge on any atom is 0.435 e. The summed E-state index contributed by atoms with van der Waals surface area (Å²) in [6.45, 7) is 5.43. The van der Waals surface area contributed by atoms with Crippen molar-refractivity contribution in [1.29, 1.82) is 0 Å². The summed E-state index contributed by atoms with van der Waals surface area (Å²) < 4.78 is 7.24. The molecular formula is C11H12BrN3O2. The summed E-state index contributed by atoms with van der Waals surface area (Å²) in [6.07, 6.45) is 2.68. The molecule has 0 unspecified atom stereocenters. The lowest BCUT2D eigenvalue weighted by molar-refractivity contribution is 0.0522. The number of ether oxygens (including phenoxy) is 1. The number of hydrogen-bond donors (Lipinski definition) is 0. The Bertz CT molecular complexity index is 572. The second kappa shape index (κ2) is 4.10. The third-order valence-electron chi connectivity index (χ3n) is 1.95. The lowest BCUT2D eigenvalue weighted by atomic mass is 10.2. The molecule has 2 aromatic heterocycles. The minimum atomic E-state index is -0.547. The van der Waals surface area contributed by atoms with Gasteiger partial charge in [-0.2, -0.15) is 9.78 Å². The highest BCUT2D eigenvalue weighted by molar-refractivity contribution is 9.10. The predicted molar refractivity (Wildman–Crippen MR) is 66.9 cm³/mol. The van der Waals surface area contributed by atoms with E-state index in [9.17, 15) is 4.79 Å². The average molecular weight is 298 g/mol. The Morgan fingerprint density at radius 2 is 2.12 bits per heavy atom. The second-order valence-corrected chi connectivity index (χ2v) is 5.51. The van der Waals surface area contributed by atoms with Crippen LogP contribution in [0.25, 0.3) is 11.0 Å². The van der Waals surface area contributed by atoms with Crippen molar-refractivity contribution >= 4 is 33.1 Å². The van der Waals surface area contributed by atoms with Gasteiger partial charge in [0, 0.05) is 10.7 Å². The van der Waals surface area contributed by atoms with Crippen molar-refractivity contribution in [2.75, 3.05) is 0 Å². The van der Waals surface area contributed by atoms with E-state index in [0.717, 1.165) is 4.47 Å². The molecule has 6 heteroatoms. The molecule has 0 saturated carbocycles. The fourth-order valence-electron chi connectivity index (χ4n) is 1.33. The van der Waals surface area contributed by atoms with E-state index in [1.54, 1.807) is 12.3 Å². The Balaban J connectivity index is 2.42. The molecule has 0 aliphatic heterocycles. The van der Waals surface area contributed by atoms with Gasteiger partial charge in [-0.15, -0.1) is 0 Å². The van der Waals surface area contributed by atoms with Crippen LogP contribution in [0.2, 0.25) is 0 Å². The maximum atomic E-state index is 11.9. The van der Waals surface area contributed by atoms with Crippen LogP contribution >= 0.6 is 15.9 Å². The predicted octanol–water partition coefficient (Wildman–Crippen LogP) is 2.98. The van der Waals surface area contributed by atoms with Crippen LogP contribution in [0.4, 0.5) is 4.79 Å². The van der Waals surface area contributed by atoms with Gasteiger partial charge >= 0.3 is 6.09 Å². The van der Waals surface area contributed by atoms with Gasteiger partial charge in [-0.25, -0.2) is 4.79 Å². The Morgan fingerprint density at radius 1 is 1.41 bits per heavy atom. The van der Waals surface area contributed by atoms with Crippen LogP contribution in [-0.2, 0) is 4.74 Å². The molecule has 0 N–H and O–H groups in total.